The molecule has 5 heteroatoms. The van der Waals surface area contributed by atoms with Crippen LogP contribution in [0.25, 0.3) is 22.2 Å². The molecule has 2 amide bonds. The van der Waals surface area contributed by atoms with Crippen molar-refractivity contribution in [2.24, 2.45) is 0 Å². The summed E-state index contributed by atoms with van der Waals surface area (Å²) in [5, 5.41) is 6.94. The van der Waals surface area contributed by atoms with E-state index in [1.807, 2.05) is 73.7 Å². The third-order valence-corrected chi connectivity index (χ3v) is 4.43. The number of ether oxygens (including phenoxy) is 1. The topological polar surface area (TPSA) is 66.2 Å². The van der Waals surface area contributed by atoms with Crippen molar-refractivity contribution in [2.75, 3.05) is 17.2 Å². The highest BCUT2D eigenvalue weighted by atomic mass is 16.5. The quantitative estimate of drug-likeness (QED) is 0.410. The van der Waals surface area contributed by atoms with Crippen LogP contribution in [-0.4, -0.2) is 17.6 Å². The van der Waals surface area contributed by atoms with Crippen molar-refractivity contribution in [3.8, 4) is 17.0 Å². The molecule has 0 unspecified atom stereocenters. The summed E-state index contributed by atoms with van der Waals surface area (Å²) in [5.74, 6) is 0.643. The second kappa shape index (κ2) is 7.88. The Bertz CT molecular complexity index is 1080. The fourth-order valence-electron chi connectivity index (χ4n) is 3.17. The number of fused-ring (bicyclic) bond motifs is 1. The highest BCUT2D eigenvalue weighted by molar-refractivity contribution is 6.03. The van der Waals surface area contributed by atoms with Crippen molar-refractivity contribution in [3.05, 3.63) is 78.9 Å². The zero-order chi connectivity index (χ0) is 19.3. The summed E-state index contributed by atoms with van der Waals surface area (Å²) < 4.78 is 5.57. The number of aromatic amines is 1. The summed E-state index contributed by atoms with van der Waals surface area (Å²) in [6, 6.07) is 24.9. The highest BCUT2D eigenvalue weighted by Crippen LogP contribution is 2.30. The standard InChI is InChI=1S/C23H21N3O2/c1-2-28-22-14-8-7-13-20(22)26-23(27)25-19-12-6-4-10-17(19)21-15-16-9-3-5-11-18(16)24-21/h3-15,24H,2H2,1H3,(H2,25,26,27). The van der Waals surface area contributed by atoms with Crippen LogP contribution in [0, 0.1) is 0 Å². The molecule has 3 aromatic carbocycles. The molecule has 0 saturated heterocycles. The normalized spacial score (nSPS) is 10.6. The number of anilines is 2. The summed E-state index contributed by atoms with van der Waals surface area (Å²) >= 11 is 0. The van der Waals surface area contributed by atoms with Crippen molar-refractivity contribution in [3.63, 3.8) is 0 Å². The molecule has 0 aliphatic rings. The van der Waals surface area contributed by atoms with Crippen molar-refractivity contribution in [1.82, 2.24) is 4.98 Å². The number of amides is 2. The van der Waals surface area contributed by atoms with Gasteiger partial charge in [-0.15, -0.1) is 0 Å². The molecule has 0 aliphatic heterocycles. The van der Waals surface area contributed by atoms with E-state index >= 15 is 0 Å². The largest absolute Gasteiger partial charge is 0.492 e. The Morgan fingerprint density at radius 3 is 2.39 bits per heavy atom. The van der Waals surface area contributed by atoms with Crippen molar-refractivity contribution >= 4 is 28.3 Å². The summed E-state index contributed by atoms with van der Waals surface area (Å²) in [6.45, 7) is 2.44. The molecule has 28 heavy (non-hydrogen) atoms. The van der Waals surface area contributed by atoms with Gasteiger partial charge in [0.15, 0.2) is 0 Å². The number of nitrogens with one attached hydrogen (secondary N) is 3. The molecule has 140 valence electrons. The maximum Gasteiger partial charge on any atom is 0.323 e. The lowest BCUT2D eigenvalue weighted by molar-refractivity contribution is 0.262. The molecule has 0 fully saturated rings. The first-order valence-corrected chi connectivity index (χ1v) is 9.21. The first-order valence-electron chi connectivity index (χ1n) is 9.21. The first kappa shape index (κ1) is 17.7. The first-order chi connectivity index (χ1) is 13.7. The van der Waals surface area contributed by atoms with Crippen LogP contribution in [0.15, 0.2) is 78.9 Å². The van der Waals surface area contributed by atoms with E-state index in [0.717, 1.165) is 27.8 Å². The fraction of sp³-hybridized carbons (Fsp3) is 0.0870. The van der Waals surface area contributed by atoms with E-state index in [1.165, 1.54) is 0 Å². The number of hydrogen-bond donors (Lipinski definition) is 3. The average molecular weight is 371 g/mol. The van der Waals surface area contributed by atoms with Crippen molar-refractivity contribution in [2.45, 2.75) is 6.92 Å². The van der Waals surface area contributed by atoms with E-state index < -0.39 is 0 Å². The van der Waals surface area contributed by atoms with Crippen molar-refractivity contribution < 1.29 is 9.53 Å². The van der Waals surface area contributed by atoms with Crippen LogP contribution in [-0.2, 0) is 0 Å². The summed E-state index contributed by atoms with van der Waals surface area (Å²) in [7, 11) is 0. The number of carbonyl (C=O) groups excluding carboxylic acids is 1. The van der Waals surface area contributed by atoms with Gasteiger partial charge in [0.1, 0.15) is 5.75 Å². The Hall–Kier alpha value is -3.73. The van der Waals surface area contributed by atoms with Crippen LogP contribution in [0.3, 0.4) is 0 Å². The lowest BCUT2D eigenvalue weighted by Gasteiger charge is -2.13. The molecule has 1 heterocycles. The Balaban J connectivity index is 1.58. The zero-order valence-corrected chi connectivity index (χ0v) is 15.5. The minimum Gasteiger partial charge on any atom is -0.492 e. The van der Waals surface area contributed by atoms with Crippen LogP contribution in [0.4, 0.5) is 16.2 Å². The third-order valence-electron chi connectivity index (χ3n) is 4.43. The predicted molar refractivity (Wildman–Crippen MR) is 114 cm³/mol. The fourth-order valence-corrected chi connectivity index (χ4v) is 3.17. The van der Waals surface area contributed by atoms with Gasteiger partial charge >= 0.3 is 6.03 Å². The summed E-state index contributed by atoms with van der Waals surface area (Å²) in [5.41, 5.74) is 4.28. The van der Waals surface area contributed by atoms with E-state index in [4.69, 9.17) is 4.74 Å². The Morgan fingerprint density at radius 1 is 0.893 bits per heavy atom. The van der Waals surface area contributed by atoms with Crippen LogP contribution in [0.1, 0.15) is 6.92 Å². The maximum atomic E-state index is 12.6. The number of carbonyl (C=O) groups is 1. The molecule has 0 bridgehead atoms. The molecule has 0 radical (unpaired) electrons. The van der Waals surface area contributed by atoms with E-state index in [1.54, 1.807) is 0 Å². The molecule has 0 aliphatic carbocycles. The molecule has 4 rings (SSSR count). The molecule has 0 atom stereocenters. The molecular weight excluding hydrogens is 350 g/mol. The van der Waals surface area contributed by atoms with Crippen LogP contribution in [0.5, 0.6) is 5.75 Å². The second-order valence-corrected chi connectivity index (χ2v) is 6.32. The minimum atomic E-state index is -0.323. The summed E-state index contributed by atoms with van der Waals surface area (Å²) in [4.78, 5) is 16.0. The Kier molecular flexibility index (Phi) is 4.97. The van der Waals surface area contributed by atoms with Crippen LogP contribution < -0.4 is 15.4 Å². The van der Waals surface area contributed by atoms with E-state index in [-0.39, 0.29) is 6.03 Å². The van der Waals surface area contributed by atoms with E-state index in [9.17, 15) is 4.79 Å². The third kappa shape index (κ3) is 3.69. The lowest BCUT2D eigenvalue weighted by Crippen LogP contribution is -2.20. The number of aromatic nitrogens is 1. The Morgan fingerprint density at radius 2 is 1.57 bits per heavy atom. The SMILES string of the molecule is CCOc1ccccc1NC(=O)Nc1ccccc1-c1cc2ccccc2[nH]1. The number of rotatable bonds is 5. The number of hydrogen-bond acceptors (Lipinski definition) is 2. The van der Waals surface area contributed by atoms with Gasteiger partial charge in [0.25, 0.3) is 0 Å². The Labute approximate surface area is 163 Å². The molecule has 0 saturated carbocycles. The van der Waals surface area contributed by atoms with Gasteiger partial charge in [-0.25, -0.2) is 4.79 Å². The minimum absolute atomic E-state index is 0.323. The monoisotopic (exact) mass is 371 g/mol. The van der Waals surface area contributed by atoms with Gasteiger partial charge in [-0.1, -0.05) is 48.5 Å². The van der Waals surface area contributed by atoms with Gasteiger partial charge in [0.05, 0.1) is 18.0 Å². The highest BCUT2D eigenvalue weighted by Gasteiger charge is 2.12. The average Bonchev–Trinajstić information content (AvgIpc) is 3.14. The molecule has 5 nitrogen and oxygen atoms in total. The van der Waals surface area contributed by atoms with Gasteiger partial charge in [0, 0.05) is 22.2 Å². The molecule has 1 aromatic heterocycles. The number of benzene rings is 3. The molecule has 0 spiro atoms. The number of H-pyrrole nitrogens is 1. The molecule has 4 aromatic rings. The number of para-hydroxylation sites is 4. The van der Waals surface area contributed by atoms with Crippen LogP contribution in [0.2, 0.25) is 0 Å². The van der Waals surface area contributed by atoms with Gasteiger partial charge in [-0.2, -0.15) is 0 Å². The molecular formula is C23H21N3O2. The predicted octanol–water partition coefficient (Wildman–Crippen LogP) is 5.88. The molecule has 3 N–H and O–H groups in total. The number of urea groups is 1. The van der Waals surface area contributed by atoms with Gasteiger partial charge in [0.2, 0.25) is 0 Å². The van der Waals surface area contributed by atoms with Gasteiger partial charge < -0.3 is 20.4 Å². The van der Waals surface area contributed by atoms with Gasteiger partial charge in [-0.05, 0) is 37.3 Å². The van der Waals surface area contributed by atoms with E-state index in [2.05, 4.69) is 27.8 Å². The summed E-state index contributed by atoms with van der Waals surface area (Å²) in [6.07, 6.45) is 0. The lowest BCUT2D eigenvalue weighted by atomic mass is 10.1. The van der Waals surface area contributed by atoms with Crippen molar-refractivity contribution in [1.29, 1.82) is 0 Å². The smallest absolute Gasteiger partial charge is 0.323 e. The van der Waals surface area contributed by atoms with E-state index in [0.29, 0.717) is 18.0 Å². The van der Waals surface area contributed by atoms with Crippen LogP contribution >= 0.6 is 0 Å². The second-order valence-electron chi connectivity index (χ2n) is 6.32. The van der Waals surface area contributed by atoms with Gasteiger partial charge in [-0.3, -0.25) is 0 Å². The maximum absolute atomic E-state index is 12.6. The zero-order valence-electron chi connectivity index (χ0n) is 15.5.